The SMILES string of the molecule is CCOc1cc(/C=N/NC(=O)c2cccc(Cl)c2)cc(I)c1OCc1ccc2ccccc2c1. The van der Waals surface area contributed by atoms with E-state index >= 15 is 0 Å². The Balaban J connectivity index is 1.48. The summed E-state index contributed by atoms with van der Waals surface area (Å²) in [4.78, 5) is 12.2. The Morgan fingerprint density at radius 2 is 1.82 bits per heavy atom. The molecule has 0 radical (unpaired) electrons. The molecule has 0 bridgehead atoms. The number of carbonyl (C=O) groups excluding carboxylic acids is 1. The van der Waals surface area contributed by atoms with Crippen LogP contribution in [0.4, 0.5) is 0 Å². The Morgan fingerprint density at radius 1 is 1.00 bits per heavy atom. The molecule has 34 heavy (non-hydrogen) atoms. The van der Waals surface area contributed by atoms with E-state index in [0.717, 1.165) is 14.7 Å². The summed E-state index contributed by atoms with van der Waals surface area (Å²) in [7, 11) is 0. The molecule has 0 heterocycles. The highest BCUT2D eigenvalue weighted by Gasteiger charge is 2.13. The number of fused-ring (bicyclic) bond motifs is 1. The summed E-state index contributed by atoms with van der Waals surface area (Å²) in [6.45, 7) is 2.84. The lowest BCUT2D eigenvalue weighted by Crippen LogP contribution is -2.17. The molecule has 0 fully saturated rings. The second-order valence-electron chi connectivity index (χ2n) is 7.44. The molecule has 0 unspecified atom stereocenters. The minimum atomic E-state index is -0.339. The quantitative estimate of drug-likeness (QED) is 0.140. The third-order valence-corrected chi connectivity index (χ3v) is 6.03. The van der Waals surface area contributed by atoms with Gasteiger partial charge in [0.05, 0.1) is 16.4 Å². The number of hydrogen-bond acceptors (Lipinski definition) is 4. The van der Waals surface area contributed by atoms with E-state index in [2.05, 4.69) is 63.4 Å². The van der Waals surface area contributed by atoms with E-state index in [-0.39, 0.29) is 5.91 Å². The van der Waals surface area contributed by atoms with E-state index in [1.165, 1.54) is 10.8 Å². The van der Waals surface area contributed by atoms with Gasteiger partial charge in [-0.05, 0) is 87.8 Å². The number of hydrogen-bond donors (Lipinski definition) is 1. The van der Waals surface area contributed by atoms with Crippen molar-refractivity contribution in [1.29, 1.82) is 0 Å². The summed E-state index contributed by atoms with van der Waals surface area (Å²) in [6.07, 6.45) is 1.57. The fourth-order valence-electron chi connectivity index (χ4n) is 3.41. The van der Waals surface area contributed by atoms with Crippen LogP contribution in [0.3, 0.4) is 0 Å². The number of amides is 1. The zero-order valence-corrected chi connectivity index (χ0v) is 21.3. The number of rotatable bonds is 8. The second kappa shape index (κ2) is 11.4. The minimum absolute atomic E-state index is 0.339. The normalized spacial score (nSPS) is 11.0. The van der Waals surface area contributed by atoms with E-state index in [1.807, 2.05) is 31.2 Å². The number of halogens is 2. The van der Waals surface area contributed by atoms with Gasteiger partial charge in [-0.1, -0.05) is 54.1 Å². The first-order valence-electron chi connectivity index (χ1n) is 10.7. The minimum Gasteiger partial charge on any atom is -0.490 e. The van der Waals surface area contributed by atoms with E-state index in [0.29, 0.717) is 35.3 Å². The van der Waals surface area contributed by atoms with Gasteiger partial charge in [-0.15, -0.1) is 0 Å². The Labute approximate surface area is 216 Å². The van der Waals surface area contributed by atoms with Crippen molar-refractivity contribution in [2.24, 2.45) is 5.10 Å². The predicted octanol–water partition coefficient (Wildman–Crippen LogP) is 6.84. The van der Waals surface area contributed by atoms with Gasteiger partial charge in [0.2, 0.25) is 0 Å². The molecule has 4 aromatic rings. The van der Waals surface area contributed by atoms with Gasteiger partial charge in [0.1, 0.15) is 6.61 Å². The van der Waals surface area contributed by atoms with Crippen LogP contribution in [0.15, 0.2) is 84.0 Å². The zero-order chi connectivity index (χ0) is 23.9. The van der Waals surface area contributed by atoms with Gasteiger partial charge in [0.15, 0.2) is 11.5 Å². The van der Waals surface area contributed by atoms with Crippen LogP contribution >= 0.6 is 34.2 Å². The monoisotopic (exact) mass is 584 g/mol. The number of nitrogens with one attached hydrogen (secondary N) is 1. The highest BCUT2D eigenvalue weighted by Crippen LogP contribution is 2.34. The molecule has 0 saturated heterocycles. The Kier molecular flexibility index (Phi) is 8.03. The van der Waals surface area contributed by atoms with Crippen LogP contribution in [0, 0.1) is 3.57 Å². The molecule has 0 saturated carbocycles. The van der Waals surface area contributed by atoms with Crippen molar-refractivity contribution in [3.63, 3.8) is 0 Å². The van der Waals surface area contributed by atoms with Crippen molar-refractivity contribution in [1.82, 2.24) is 5.43 Å². The second-order valence-corrected chi connectivity index (χ2v) is 9.04. The van der Waals surface area contributed by atoms with Gasteiger partial charge < -0.3 is 9.47 Å². The maximum atomic E-state index is 12.2. The smallest absolute Gasteiger partial charge is 0.271 e. The lowest BCUT2D eigenvalue weighted by atomic mass is 10.1. The van der Waals surface area contributed by atoms with Gasteiger partial charge in [-0.2, -0.15) is 5.10 Å². The summed E-state index contributed by atoms with van der Waals surface area (Å²) in [6, 6.07) is 25.0. The number of ether oxygens (including phenoxy) is 2. The average molecular weight is 585 g/mol. The topological polar surface area (TPSA) is 59.9 Å². The largest absolute Gasteiger partial charge is 0.490 e. The Morgan fingerprint density at radius 3 is 2.62 bits per heavy atom. The van der Waals surface area contributed by atoms with E-state index < -0.39 is 0 Å². The molecule has 7 heteroatoms. The molecule has 0 aliphatic carbocycles. The fraction of sp³-hybridized carbons (Fsp3) is 0.111. The third kappa shape index (κ3) is 6.07. The van der Waals surface area contributed by atoms with Crippen LogP contribution in [0.25, 0.3) is 10.8 Å². The summed E-state index contributed by atoms with van der Waals surface area (Å²) < 4.78 is 12.9. The van der Waals surface area contributed by atoms with E-state index in [4.69, 9.17) is 21.1 Å². The molecule has 1 amide bonds. The molecular formula is C27H22ClIN2O3. The van der Waals surface area contributed by atoms with Crippen LogP contribution < -0.4 is 14.9 Å². The zero-order valence-electron chi connectivity index (χ0n) is 18.4. The molecule has 5 nitrogen and oxygen atoms in total. The van der Waals surface area contributed by atoms with Crippen LogP contribution in [-0.2, 0) is 6.61 Å². The summed E-state index contributed by atoms with van der Waals surface area (Å²) in [5.41, 5.74) is 4.81. The molecule has 4 aromatic carbocycles. The summed E-state index contributed by atoms with van der Waals surface area (Å²) in [5, 5.41) is 6.94. The van der Waals surface area contributed by atoms with Crippen molar-refractivity contribution < 1.29 is 14.3 Å². The van der Waals surface area contributed by atoms with Gasteiger partial charge >= 0.3 is 0 Å². The Bertz CT molecular complexity index is 1360. The molecule has 0 aromatic heterocycles. The van der Waals surface area contributed by atoms with Crippen LogP contribution in [-0.4, -0.2) is 18.7 Å². The molecule has 0 aliphatic rings. The van der Waals surface area contributed by atoms with Crippen LogP contribution in [0.1, 0.15) is 28.4 Å². The van der Waals surface area contributed by atoms with Gasteiger partial charge in [-0.25, -0.2) is 5.43 Å². The summed E-state index contributed by atoms with van der Waals surface area (Å²) >= 11 is 8.16. The predicted molar refractivity (Wildman–Crippen MR) is 145 cm³/mol. The van der Waals surface area contributed by atoms with Crippen molar-refractivity contribution in [3.8, 4) is 11.5 Å². The van der Waals surface area contributed by atoms with Gasteiger partial charge in [0, 0.05) is 10.6 Å². The number of hydrazone groups is 1. The fourth-order valence-corrected chi connectivity index (χ4v) is 4.38. The maximum absolute atomic E-state index is 12.2. The van der Waals surface area contributed by atoms with E-state index in [1.54, 1.807) is 30.5 Å². The first-order chi connectivity index (χ1) is 16.5. The average Bonchev–Trinajstić information content (AvgIpc) is 2.83. The van der Waals surface area contributed by atoms with Gasteiger partial charge in [-0.3, -0.25) is 4.79 Å². The van der Waals surface area contributed by atoms with Crippen LogP contribution in [0.5, 0.6) is 11.5 Å². The first-order valence-corrected chi connectivity index (χ1v) is 12.1. The van der Waals surface area contributed by atoms with Gasteiger partial charge in [0.25, 0.3) is 5.91 Å². The molecule has 1 N–H and O–H groups in total. The summed E-state index contributed by atoms with van der Waals surface area (Å²) in [5.74, 6) is 0.961. The molecule has 0 atom stereocenters. The lowest BCUT2D eigenvalue weighted by molar-refractivity contribution is 0.0955. The van der Waals surface area contributed by atoms with Crippen molar-refractivity contribution in [2.45, 2.75) is 13.5 Å². The van der Waals surface area contributed by atoms with Crippen molar-refractivity contribution in [2.75, 3.05) is 6.61 Å². The van der Waals surface area contributed by atoms with Crippen LogP contribution in [0.2, 0.25) is 5.02 Å². The molecular weight excluding hydrogens is 563 g/mol. The highest BCUT2D eigenvalue weighted by atomic mass is 127. The highest BCUT2D eigenvalue weighted by molar-refractivity contribution is 14.1. The lowest BCUT2D eigenvalue weighted by Gasteiger charge is -2.15. The molecule has 172 valence electrons. The number of nitrogens with zero attached hydrogens (tertiary/aromatic N) is 1. The van der Waals surface area contributed by atoms with Crippen molar-refractivity contribution >= 4 is 57.1 Å². The first kappa shape index (κ1) is 24.0. The maximum Gasteiger partial charge on any atom is 0.271 e. The molecule has 0 spiro atoms. The number of carbonyl (C=O) groups is 1. The Hall–Kier alpha value is -3.10. The third-order valence-electron chi connectivity index (χ3n) is 5.00. The molecule has 0 aliphatic heterocycles. The van der Waals surface area contributed by atoms with Crippen molar-refractivity contribution in [3.05, 3.63) is 104 Å². The molecule has 4 rings (SSSR count). The number of benzene rings is 4. The van der Waals surface area contributed by atoms with E-state index in [9.17, 15) is 4.79 Å². The standard InChI is InChI=1S/C27H22ClIN2O3/c1-2-33-25-14-19(16-30-31-27(32)22-8-5-9-23(28)15-22)13-24(29)26(25)34-17-18-10-11-20-6-3-4-7-21(20)12-18/h3-16H,2,17H2,1H3,(H,31,32)/b30-16+.